The van der Waals surface area contributed by atoms with Gasteiger partial charge in [-0.2, -0.15) is 0 Å². The number of thiazole rings is 1. The molecule has 3 rings (SSSR count). The quantitative estimate of drug-likeness (QED) is 0.493. The Bertz CT molecular complexity index is 924. The predicted molar refractivity (Wildman–Crippen MR) is 109 cm³/mol. The molecule has 0 fully saturated rings. The molecule has 1 N–H and O–H groups in total. The van der Waals surface area contributed by atoms with Crippen molar-refractivity contribution in [3.8, 4) is 5.75 Å². The number of aromatic nitrogens is 3. The zero-order valence-corrected chi connectivity index (χ0v) is 17.3. The van der Waals surface area contributed by atoms with Crippen LogP contribution in [0.15, 0.2) is 24.3 Å². The molecule has 28 heavy (non-hydrogen) atoms. The number of unbranched alkanes of at least 4 members (excludes halogenated alkanes) is 2. The van der Waals surface area contributed by atoms with Crippen LogP contribution in [0.4, 0.5) is 9.52 Å². The molecule has 148 valence electrons. The number of aryl methyl sites for hydroxylation is 2. The van der Waals surface area contributed by atoms with Crippen molar-refractivity contribution in [2.24, 2.45) is 0 Å². The third-order valence-electron chi connectivity index (χ3n) is 3.90. The summed E-state index contributed by atoms with van der Waals surface area (Å²) < 4.78 is 18.5. The summed E-state index contributed by atoms with van der Waals surface area (Å²) in [5, 5.41) is 13.1. The molecule has 0 atom stereocenters. The van der Waals surface area contributed by atoms with Crippen molar-refractivity contribution < 1.29 is 13.9 Å². The number of rotatable bonds is 9. The number of ether oxygens (including phenoxy) is 1. The van der Waals surface area contributed by atoms with Crippen LogP contribution in [0.2, 0.25) is 0 Å². The van der Waals surface area contributed by atoms with Crippen LogP contribution in [0.1, 0.15) is 51.6 Å². The molecular weight excluding hydrogens is 399 g/mol. The minimum atomic E-state index is -0.318. The number of anilines is 1. The molecule has 0 bridgehead atoms. The SMILES string of the molecule is CCCCCc1nnc(NC(=O)c2sc(COc3ccc(F)cc3)nc2C)s1. The number of hydrogen-bond donors (Lipinski definition) is 1. The first-order chi connectivity index (χ1) is 13.5. The summed E-state index contributed by atoms with van der Waals surface area (Å²) in [6, 6.07) is 5.77. The number of benzene rings is 1. The van der Waals surface area contributed by atoms with E-state index in [4.69, 9.17) is 4.74 Å². The Morgan fingerprint density at radius 1 is 1.14 bits per heavy atom. The highest BCUT2D eigenvalue weighted by Gasteiger charge is 2.17. The van der Waals surface area contributed by atoms with Gasteiger partial charge in [-0.25, -0.2) is 9.37 Å². The Hall–Kier alpha value is -2.39. The van der Waals surface area contributed by atoms with E-state index in [1.165, 1.54) is 34.8 Å². The molecule has 0 spiro atoms. The van der Waals surface area contributed by atoms with E-state index in [1.54, 1.807) is 19.1 Å². The molecule has 9 heteroatoms. The first-order valence-corrected chi connectivity index (χ1v) is 10.7. The number of amides is 1. The summed E-state index contributed by atoms with van der Waals surface area (Å²) in [5.41, 5.74) is 0.632. The molecule has 0 saturated heterocycles. The van der Waals surface area contributed by atoms with Gasteiger partial charge in [0.25, 0.3) is 5.91 Å². The van der Waals surface area contributed by atoms with Crippen molar-refractivity contribution in [3.63, 3.8) is 0 Å². The van der Waals surface area contributed by atoms with Crippen LogP contribution in [0.5, 0.6) is 5.75 Å². The fourth-order valence-corrected chi connectivity index (χ4v) is 4.14. The molecule has 2 aromatic heterocycles. The molecule has 2 heterocycles. The Kier molecular flexibility index (Phi) is 7.05. The van der Waals surface area contributed by atoms with Gasteiger partial charge in [-0.1, -0.05) is 31.1 Å². The summed E-state index contributed by atoms with van der Waals surface area (Å²) in [5.74, 6) is -0.0226. The fraction of sp³-hybridized carbons (Fsp3) is 0.368. The van der Waals surface area contributed by atoms with Crippen LogP contribution in [0.3, 0.4) is 0 Å². The lowest BCUT2D eigenvalue weighted by molar-refractivity contribution is 0.102. The van der Waals surface area contributed by atoms with Crippen LogP contribution in [0, 0.1) is 12.7 Å². The molecule has 0 unspecified atom stereocenters. The van der Waals surface area contributed by atoms with E-state index < -0.39 is 0 Å². The molecule has 0 aliphatic rings. The minimum absolute atomic E-state index is 0.213. The molecular formula is C19H21FN4O2S2. The summed E-state index contributed by atoms with van der Waals surface area (Å²) in [6.45, 7) is 4.15. The second-order valence-electron chi connectivity index (χ2n) is 6.18. The zero-order valence-electron chi connectivity index (χ0n) is 15.7. The van der Waals surface area contributed by atoms with E-state index in [0.717, 1.165) is 30.7 Å². The molecule has 0 saturated carbocycles. The maximum atomic E-state index is 12.9. The normalized spacial score (nSPS) is 10.8. The van der Waals surface area contributed by atoms with Gasteiger partial charge in [-0.05, 0) is 37.6 Å². The van der Waals surface area contributed by atoms with Crippen molar-refractivity contribution >= 4 is 33.7 Å². The van der Waals surface area contributed by atoms with Gasteiger partial charge >= 0.3 is 0 Å². The number of nitrogens with zero attached hydrogens (tertiary/aromatic N) is 3. The molecule has 0 radical (unpaired) electrons. The van der Waals surface area contributed by atoms with Crippen molar-refractivity contribution in [1.29, 1.82) is 0 Å². The lowest BCUT2D eigenvalue weighted by Gasteiger charge is -2.03. The first-order valence-electron chi connectivity index (χ1n) is 9.03. The first kappa shape index (κ1) is 20.3. The third kappa shape index (κ3) is 5.56. The van der Waals surface area contributed by atoms with Gasteiger partial charge in [-0.3, -0.25) is 10.1 Å². The van der Waals surface area contributed by atoms with Crippen LogP contribution in [-0.2, 0) is 13.0 Å². The van der Waals surface area contributed by atoms with E-state index in [9.17, 15) is 9.18 Å². The van der Waals surface area contributed by atoms with Gasteiger partial charge in [0.15, 0.2) is 0 Å². The van der Waals surface area contributed by atoms with Gasteiger partial charge in [0.1, 0.15) is 33.1 Å². The molecule has 0 aliphatic carbocycles. The van der Waals surface area contributed by atoms with E-state index in [2.05, 4.69) is 27.4 Å². The van der Waals surface area contributed by atoms with E-state index in [-0.39, 0.29) is 18.3 Å². The van der Waals surface area contributed by atoms with Crippen LogP contribution in [0.25, 0.3) is 0 Å². The molecule has 0 aliphatic heterocycles. The van der Waals surface area contributed by atoms with Crippen molar-refractivity contribution in [3.05, 3.63) is 50.7 Å². The number of hydrogen-bond acceptors (Lipinski definition) is 7. The highest BCUT2D eigenvalue weighted by atomic mass is 32.1. The maximum Gasteiger partial charge on any atom is 0.269 e. The summed E-state index contributed by atoms with van der Waals surface area (Å²) in [4.78, 5) is 17.4. The Labute approximate surface area is 170 Å². The molecule has 6 nitrogen and oxygen atoms in total. The molecule has 1 amide bonds. The topological polar surface area (TPSA) is 77.0 Å². The Balaban J connectivity index is 1.57. The second-order valence-corrected chi connectivity index (χ2v) is 8.32. The van der Waals surface area contributed by atoms with Gasteiger partial charge in [-0.15, -0.1) is 21.5 Å². The predicted octanol–water partition coefficient (Wildman–Crippen LogP) is 5.01. The molecule has 1 aromatic carbocycles. The van der Waals surface area contributed by atoms with Gasteiger partial charge in [0.05, 0.1) is 5.69 Å². The van der Waals surface area contributed by atoms with Gasteiger partial charge in [0, 0.05) is 6.42 Å². The second kappa shape index (κ2) is 9.70. The van der Waals surface area contributed by atoms with Crippen LogP contribution >= 0.6 is 22.7 Å². The lowest BCUT2D eigenvalue weighted by atomic mass is 10.2. The number of halogens is 1. The van der Waals surface area contributed by atoms with E-state index in [0.29, 0.717) is 26.5 Å². The number of nitrogens with one attached hydrogen (secondary N) is 1. The molecule has 3 aromatic rings. The number of carbonyl (C=O) groups is 1. The standard InChI is InChI=1S/C19H21FN4O2S2/c1-3-4-5-6-15-23-24-19(28-15)22-18(25)17-12(2)21-16(27-17)11-26-14-9-7-13(20)8-10-14/h7-10H,3-6,11H2,1-2H3,(H,22,24,25). The monoisotopic (exact) mass is 420 g/mol. The fourth-order valence-electron chi connectivity index (χ4n) is 2.49. The Morgan fingerprint density at radius 3 is 2.68 bits per heavy atom. The minimum Gasteiger partial charge on any atom is -0.486 e. The lowest BCUT2D eigenvalue weighted by Crippen LogP contribution is -2.11. The smallest absolute Gasteiger partial charge is 0.269 e. The third-order valence-corrected chi connectivity index (χ3v) is 5.93. The summed E-state index contributed by atoms with van der Waals surface area (Å²) in [6.07, 6.45) is 4.26. The van der Waals surface area contributed by atoms with Crippen LogP contribution < -0.4 is 10.1 Å². The van der Waals surface area contributed by atoms with Crippen molar-refractivity contribution in [1.82, 2.24) is 15.2 Å². The van der Waals surface area contributed by atoms with Gasteiger partial charge in [0.2, 0.25) is 5.13 Å². The zero-order chi connectivity index (χ0) is 19.9. The van der Waals surface area contributed by atoms with Gasteiger partial charge < -0.3 is 4.74 Å². The maximum absolute atomic E-state index is 12.9. The van der Waals surface area contributed by atoms with E-state index >= 15 is 0 Å². The average Bonchev–Trinajstić information content (AvgIpc) is 3.28. The van der Waals surface area contributed by atoms with Crippen molar-refractivity contribution in [2.75, 3.05) is 5.32 Å². The highest BCUT2D eigenvalue weighted by Crippen LogP contribution is 2.23. The largest absolute Gasteiger partial charge is 0.486 e. The average molecular weight is 421 g/mol. The summed E-state index contributed by atoms with van der Waals surface area (Å²) >= 11 is 2.67. The summed E-state index contributed by atoms with van der Waals surface area (Å²) in [7, 11) is 0. The highest BCUT2D eigenvalue weighted by molar-refractivity contribution is 7.16. The number of carbonyl (C=O) groups excluding carboxylic acids is 1. The Morgan fingerprint density at radius 2 is 1.93 bits per heavy atom. The van der Waals surface area contributed by atoms with Crippen molar-refractivity contribution in [2.45, 2.75) is 46.1 Å². The van der Waals surface area contributed by atoms with Crippen LogP contribution in [-0.4, -0.2) is 21.1 Å². The van der Waals surface area contributed by atoms with E-state index in [1.807, 2.05) is 0 Å².